The van der Waals surface area contributed by atoms with Gasteiger partial charge in [0.2, 0.25) is 0 Å². The second-order valence-electron chi connectivity index (χ2n) is 6.13. The highest BCUT2D eigenvalue weighted by molar-refractivity contribution is 7.52. The van der Waals surface area contributed by atoms with Gasteiger partial charge in [-0.3, -0.25) is 4.57 Å². The summed E-state index contributed by atoms with van der Waals surface area (Å²) in [5, 5.41) is 0.288. The molecule has 0 spiro atoms. The lowest BCUT2D eigenvalue weighted by molar-refractivity contribution is 0.373. The van der Waals surface area contributed by atoms with E-state index < -0.39 is 23.7 Å². The molecule has 0 aliphatic rings. The molecule has 0 aliphatic carbocycles. The van der Waals surface area contributed by atoms with E-state index in [0.717, 1.165) is 0 Å². The lowest BCUT2D eigenvalue weighted by Gasteiger charge is -2.38. The monoisotopic (exact) mass is 254 g/mol. The van der Waals surface area contributed by atoms with Crippen molar-refractivity contribution in [2.24, 2.45) is 0 Å². The highest BCUT2D eigenvalue weighted by atomic mass is 31.2. The summed E-state index contributed by atoms with van der Waals surface area (Å²) in [7, 11) is -6.77. The molecular weight excluding hydrogens is 231 g/mol. The van der Waals surface area contributed by atoms with E-state index in [-0.39, 0.29) is 11.3 Å². The second kappa shape index (κ2) is 4.22. The molecule has 0 bridgehead atoms. The van der Waals surface area contributed by atoms with E-state index in [1.807, 2.05) is 0 Å². The van der Waals surface area contributed by atoms with Crippen molar-refractivity contribution < 1.29 is 14.4 Å². The van der Waals surface area contributed by atoms with Crippen LogP contribution < -0.4 is 0 Å². The van der Waals surface area contributed by atoms with E-state index in [9.17, 15) is 4.57 Å². The zero-order valence-electron chi connectivity index (χ0n) is 10.0. The van der Waals surface area contributed by atoms with Crippen LogP contribution in [0.15, 0.2) is 0 Å². The predicted octanol–water partition coefficient (Wildman–Crippen LogP) is 2.75. The minimum atomic E-state index is -3.85. The second-order valence-corrected chi connectivity index (χ2v) is 19.3. The maximum atomic E-state index is 11.1. The van der Waals surface area contributed by atoms with E-state index in [2.05, 4.69) is 39.3 Å². The van der Waals surface area contributed by atoms with Gasteiger partial charge < -0.3 is 9.79 Å². The molecule has 0 atom stereocenters. The van der Waals surface area contributed by atoms with Gasteiger partial charge in [0.1, 0.15) is 0 Å². The Bertz CT molecular complexity index is 222. The fraction of sp³-hybridized carbons (Fsp3) is 1.00. The van der Waals surface area contributed by atoms with Crippen molar-refractivity contribution in [2.75, 3.05) is 6.16 Å². The van der Waals surface area contributed by atoms with Crippen LogP contribution in [0.3, 0.4) is 0 Å². The molecule has 86 valence electrons. The zero-order valence-corrected chi connectivity index (χ0v) is 12.9. The van der Waals surface area contributed by atoms with Crippen LogP contribution in [0.4, 0.5) is 0 Å². The van der Waals surface area contributed by atoms with Crippen molar-refractivity contribution in [1.29, 1.82) is 0 Å². The van der Waals surface area contributed by atoms with Gasteiger partial charge >= 0.3 is 7.60 Å². The molecule has 0 aromatic rings. The zero-order chi connectivity index (χ0) is 11.8. The van der Waals surface area contributed by atoms with Gasteiger partial charge in [-0.2, -0.15) is 0 Å². The largest absolute Gasteiger partial charge is 0.325 e. The van der Waals surface area contributed by atoms with Crippen LogP contribution >= 0.6 is 7.60 Å². The Labute approximate surface area is 89.1 Å². The van der Waals surface area contributed by atoms with E-state index in [0.29, 0.717) is 0 Å². The van der Waals surface area contributed by atoms with Crippen LogP contribution in [0.2, 0.25) is 44.4 Å². The Morgan fingerprint density at radius 2 is 1.29 bits per heavy atom. The van der Waals surface area contributed by atoms with Crippen LogP contribution in [0.5, 0.6) is 0 Å². The Balaban J connectivity index is 4.87. The summed E-state index contributed by atoms with van der Waals surface area (Å²) in [6, 6.07) is 0. The van der Waals surface area contributed by atoms with Crippen LogP contribution in [0.25, 0.3) is 0 Å². The van der Waals surface area contributed by atoms with Gasteiger partial charge in [-0.25, -0.2) is 0 Å². The first-order valence-electron chi connectivity index (χ1n) is 4.88. The lowest BCUT2D eigenvalue weighted by atomic mass is 10.9. The topological polar surface area (TPSA) is 57.5 Å². The molecule has 0 unspecified atom stereocenters. The van der Waals surface area contributed by atoms with Gasteiger partial charge in [0.15, 0.2) is 0 Å². The third-order valence-corrected chi connectivity index (χ3v) is 13.8. The maximum Gasteiger partial charge on any atom is 0.325 e. The fourth-order valence-corrected chi connectivity index (χ4v) is 18.8. The van der Waals surface area contributed by atoms with Crippen LogP contribution in [-0.4, -0.2) is 32.1 Å². The van der Waals surface area contributed by atoms with Crippen LogP contribution in [0, 0.1) is 0 Å². The van der Waals surface area contributed by atoms with Crippen molar-refractivity contribution in [3.05, 3.63) is 0 Å². The summed E-state index contributed by atoms with van der Waals surface area (Å²) < 4.78 is 11.1. The van der Waals surface area contributed by atoms with Crippen molar-refractivity contribution in [3.63, 3.8) is 0 Å². The quantitative estimate of drug-likeness (QED) is 0.599. The first-order valence-corrected chi connectivity index (χ1v) is 13.8. The third kappa shape index (κ3) is 5.46. The fourth-order valence-electron chi connectivity index (χ4n) is 2.08. The van der Waals surface area contributed by atoms with Gasteiger partial charge in [-0.05, 0) is 5.16 Å². The van der Waals surface area contributed by atoms with Crippen molar-refractivity contribution >= 4 is 23.7 Å². The molecule has 0 radical (unpaired) electrons. The molecule has 0 rings (SSSR count). The molecule has 0 aromatic carbocycles. The number of hydrogen-bond donors (Lipinski definition) is 2. The molecule has 0 amide bonds. The van der Waals surface area contributed by atoms with Crippen molar-refractivity contribution in [2.45, 2.75) is 44.4 Å². The molecule has 2 N–H and O–H groups in total. The van der Waals surface area contributed by atoms with Gasteiger partial charge in [-0.15, -0.1) is 0 Å². The molecule has 0 saturated heterocycles. The van der Waals surface area contributed by atoms with Crippen LogP contribution in [0.1, 0.15) is 0 Å². The summed E-state index contributed by atoms with van der Waals surface area (Å²) in [6.45, 7) is 13.2. The first kappa shape index (κ1) is 14.6. The first-order chi connectivity index (χ1) is 5.84. The third-order valence-electron chi connectivity index (χ3n) is 2.51. The molecular formula is C8H23O3PSi2. The Morgan fingerprint density at radius 3 is 1.36 bits per heavy atom. The van der Waals surface area contributed by atoms with E-state index in [1.165, 1.54) is 0 Å². The van der Waals surface area contributed by atoms with Crippen molar-refractivity contribution in [1.82, 2.24) is 0 Å². The number of rotatable bonds is 4. The van der Waals surface area contributed by atoms with Crippen LogP contribution in [-0.2, 0) is 4.57 Å². The Morgan fingerprint density at radius 1 is 1.00 bits per heavy atom. The molecule has 6 heteroatoms. The lowest BCUT2D eigenvalue weighted by Crippen LogP contribution is -2.45. The minimum Gasteiger partial charge on any atom is -0.324 e. The molecule has 0 heterocycles. The minimum absolute atomic E-state index is 0.0957. The van der Waals surface area contributed by atoms with E-state index in [1.54, 1.807) is 0 Å². The molecule has 14 heavy (non-hydrogen) atoms. The van der Waals surface area contributed by atoms with Gasteiger partial charge in [0.05, 0.1) is 0 Å². The summed E-state index contributed by atoms with van der Waals surface area (Å²) in [5.41, 5.74) is 0. The van der Waals surface area contributed by atoms with Gasteiger partial charge in [0.25, 0.3) is 0 Å². The highest BCUT2D eigenvalue weighted by Crippen LogP contribution is 2.45. The normalized spacial score (nSPS) is 14.9. The number of hydrogen-bond acceptors (Lipinski definition) is 1. The summed E-state index contributed by atoms with van der Waals surface area (Å²) in [5.74, 6) is 0. The molecule has 3 nitrogen and oxygen atoms in total. The molecule has 0 aliphatic heterocycles. The summed E-state index contributed by atoms with van der Waals surface area (Å²) in [6.07, 6.45) is 0.0957. The Kier molecular flexibility index (Phi) is 4.39. The smallest absolute Gasteiger partial charge is 0.324 e. The molecule has 0 saturated carbocycles. The molecule has 0 fully saturated rings. The standard InChI is InChI=1S/C8H23O3PSi2/c1-13(2,3)8(14(4,5)6)7-12(9,10)11/h8H,7H2,1-6H3,(H2,9,10,11). The van der Waals surface area contributed by atoms with E-state index >= 15 is 0 Å². The van der Waals surface area contributed by atoms with Gasteiger partial charge in [-0.1, -0.05) is 39.3 Å². The molecule has 0 aromatic heterocycles. The Hall–Kier alpha value is 0.584. The van der Waals surface area contributed by atoms with E-state index in [4.69, 9.17) is 9.79 Å². The average molecular weight is 254 g/mol. The van der Waals surface area contributed by atoms with Gasteiger partial charge in [0, 0.05) is 22.3 Å². The average Bonchev–Trinajstić information content (AvgIpc) is 1.75. The summed E-state index contributed by atoms with van der Waals surface area (Å²) in [4.78, 5) is 18.1. The predicted molar refractivity (Wildman–Crippen MR) is 67.4 cm³/mol. The SMILES string of the molecule is C[Si](C)(C)C(CP(=O)(O)O)[Si](C)(C)C. The maximum absolute atomic E-state index is 11.1. The highest BCUT2D eigenvalue weighted by Gasteiger charge is 2.40. The summed E-state index contributed by atoms with van der Waals surface area (Å²) >= 11 is 0. The van der Waals surface area contributed by atoms with Crippen molar-refractivity contribution in [3.8, 4) is 0 Å².